The molecule has 130 valence electrons. The summed E-state index contributed by atoms with van der Waals surface area (Å²) in [4.78, 5) is 16.7. The zero-order valence-electron chi connectivity index (χ0n) is 13.9. The molecular formula is C18H15FN6O. The minimum absolute atomic E-state index is 0.313. The molecule has 1 unspecified atom stereocenters. The van der Waals surface area contributed by atoms with Crippen molar-refractivity contribution in [3.05, 3.63) is 78.5 Å². The molecule has 1 N–H and O–H groups in total. The molecule has 0 radical (unpaired) electrons. The lowest BCUT2D eigenvalue weighted by Crippen LogP contribution is -2.29. The average Bonchev–Trinajstić information content (AvgIpc) is 3.29. The first-order chi connectivity index (χ1) is 12.6. The number of pyridine rings is 1. The van der Waals surface area contributed by atoms with E-state index in [-0.39, 0.29) is 17.8 Å². The molecule has 0 saturated carbocycles. The fourth-order valence-corrected chi connectivity index (χ4v) is 2.76. The Balaban J connectivity index is 1.59. The van der Waals surface area contributed by atoms with Crippen molar-refractivity contribution < 1.29 is 9.18 Å². The highest BCUT2D eigenvalue weighted by Gasteiger charge is 2.19. The van der Waals surface area contributed by atoms with E-state index >= 15 is 0 Å². The molecule has 0 bridgehead atoms. The second kappa shape index (κ2) is 6.40. The Bertz CT molecular complexity index is 1070. The number of imidazole rings is 1. The van der Waals surface area contributed by atoms with Gasteiger partial charge in [-0.15, -0.1) is 10.2 Å². The Labute approximate surface area is 148 Å². The molecule has 1 atom stereocenters. The monoisotopic (exact) mass is 350 g/mol. The maximum Gasteiger partial charge on any atom is 0.270 e. The molecule has 0 aliphatic heterocycles. The lowest BCUT2D eigenvalue weighted by Gasteiger charge is -2.13. The first kappa shape index (κ1) is 15.9. The van der Waals surface area contributed by atoms with Crippen LogP contribution >= 0.6 is 0 Å². The number of aromatic nitrogens is 5. The number of hydrogen-bond donors (Lipinski definition) is 1. The fraction of sp³-hybridized carbons (Fsp3) is 0.111. The van der Waals surface area contributed by atoms with Crippen LogP contribution in [0.15, 0.2) is 61.2 Å². The Morgan fingerprint density at radius 1 is 1.15 bits per heavy atom. The van der Waals surface area contributed by atoms with Gasteiger partial charge in [-0.05, 0) is 43.3 Å². The van der Waals surface area contributed by atoms with E-state index in [0.717, 1.165) is 0 Å². The Hall–Kier alpha value is -3.55. The van der Waals surface area contributed by atoms with Crippen LogP contribution in [-0.2, 0) is 0 Å². The van der Waals surface area contributed by atoms with E-state index in [4.69, 9.17) is 0 Å². The van der Waals surface area contributed by atoms with E-state index in [0.29, 0.717) is 22.9 Å². The fourth-order valence-electron chi connectivity index (χ4n) is 2.76. The van der Waals surface area contributed by atoms with Crippen LogP contribution in [-0.4, -0.2) is 30.1 Å². The summed E-state index contributed by atoms with van der Waals surface area (Å²) in [5, 5.41) is 11.1. The number of amides is 1. The van der Waals surface area contributed by atoms with Gasteiger partial charge in [-0.1, -0.05) is 6.07 Å². The number of halogens is 1. The summed E-state index contributed by atoms with van der Waals surface area (Å²) < 4.78 is 16.5. The number of nitrogens with one attached hydrogen (secondary N) is 1. The number of rotatable bonds is 4. The van der Waals surface area contributed by atoms with Crippen molar-refractivity contribution in [2.24, 2.45) is 0 Å². The van der Waals surface area contributed by atoms with Crippen molar-refractivity contribution in [3.63, 3.8) is 0 Å². The summed E-state index contributed by atoms with van der Waals surface area (Å²) in [6, 6.07) is 11.1. The maximum atomic E-state index is 13.1. The van der Waals surface area contributed by atoms with Crippen molar-refractivity contribution in [2.75, 3.05) is 0 Å². The first-order valence-electron chi connectivity index (χ1n) is 8.02. The summed E-state index contributed by atoms with van der Waals surface area (Å²) in [6.07, 6.45) is 4.82. The maximum absolute atomic E-state index is 13.1. The van der Waals surface area contributed by atoms with Crippen LogP contribution in [0.3, 0.4) is 0 Å². The van der Waals surface area contributed by atoms with Crippen molar-refractivity contribution >= 4 is 11.6 Å². The summed E-state index contributed by atoms with van der Waals surface area (Å²) in [5.74, 6) is -0.0269. The number of hydrogen-bond acceptors (Lipinski definition) is 4. The Morgan fingerprint density at radius 3 is 2.77 bits per heavy atom. The van der Waals surface area contributed by atoms with Crippen molar-refractivity contribution in [3.8, 4) is 5.69 Å². The van der Waals surface area contributed by atoms with Gasteiger partial charge in [0.05, 0.1) is 18.6 Å². The summed E-state index contributed by atoms with van der Waals surface area (Å²) in [7, 11) is 0. The Morgan fingerprint density at radius 2 is 1.96 bits per heavy atom. The third-order valence-electron chi connectivity index (χ3n) is 4.05. The normalized spacial score (nSPS) is 12.2. The van der Waals surface area contributed by atoms with E-state index in [1.54, 1.807) is 16.7 Å². The molecule has 8 heteroatoms. The van der Waals surface area contributed by atoms with Gasteiger partial charge in [0.2, 0.25) is 0 Å². The van der Waals surface area contributed by atoms with Crippen LogP contribution in [0.4, 0.5) is 4.39 Å². The van der Waals surface area contributed by atoms with Crippen LogP contribution in [0.25, 0.3) is 11.3 Å². The van der Waals surface area contributed by atoms with E-state index in [9.17, 15) is 9.18 Å². The van der Waals surface area contributed by atoms with Crippen LogP contribution in [0.2, 0.25) is 0 Å². The predicted molar refractivity (Wildman–Crippen MR) is 92.4 cm³/mol. The van der Waals surface area contributed by atoms with Gasteiger partial charge in [-0.3, -0.25) is 13.8 Å². The van der Waals surface area contributed by atoms with Gasteiger partial charge >= 0.3 is 0 Å². The van der Waals surface area contributed by atoms with E-state index in [1.165, 1.54) is 24.7 Å². The highest BCUT2D eigenvalue weighted by atomic mass is 19.1. The minimum Gasteiger partial charge on any atom is -0.341 e. The lowest BCUT2D eigenvalue weighted by molar-refractivity contribution is 0.0931. The predicted octanol–water partition coefficient (Wildman–Crippen LogP) is 2.55. The lowest BCUT2D eigenvalue weighted by atomic mass is 10.2. The molecule has 0 aliphatic rings. The molecule has 3 aromatic heterocycles. The highest BCUT2D eigenvalue weighted by molar-refractivity contribution is 5.93. The molecule has 4 aromatic rings. The molecule has 1 aromatic carbocycles. The molecule has 0 fully saturated rings. The zero-order valence-corrected chi connectivity index (χ0v) is 13.9. The molecule has 0 saturated heterocycles. The summed E-state index contributed by atoms with van der Waals surface area (Å²) in [6.45, 7) is 1.83. The van der Waals surface area contributed by atoms with Gasteiger partial charge in [-0.25, -0.2) is 9.37 Å². The van der Waals surface area contributed by atoms with Crippen molar-refractivity contribution in [2.45, 2.75) is 13.0 Å². The molecule has 0 aliphatic carbocycles. The first-order valence-corrected chi connectivity index (χ1v) is 8.02. The SMILES string of the molecule is CC(NC(=O)c1cncn1-c1ccc(F)cc1)c1nnc2ccccn12. The van der Waals surface area contributed by atoms with Gasteiger partial charge in [-0.2, -0.15) is 0 Å². The minimum atomic E-state index is -0.364. The Kier molecular flexibility index (Phi) is 3.92. The van der Waals surface area contributed by atoms with Gasteiger partial charge < -0.3 is 5.32 Å². The largest absolute Gasteiger partial charge is 0.341 e. The number of nitrogens with zero attached hydrogens (tertiary/aromatic N) is 5. The van der Waals surface area contributed by atoms with Gasteiger partial charge in [0.25, 0.3) is 5.91 Å². The number of carbonyl (C=O) groups excluding carboxylic acids is 1. The molecule has 1 amide bonds. The van der Waals surface area contributed by atoms with Crippen LogP contribution < -0.4 is 5.32 Å². The van der Waals surface area contributed by atoms with Gasteiger partial charge in [0, 0.05) is 11.9 Å². The molecule has 7 nitrogen and oxygen atoms in total. The smallest absolute Gasteiger partial charge is 0.270 e. The van der Waals surface area contributed by atoms with E-state index in [2.05, 4.69) is 20.5 Å². The van der Waals surface area contributed by atoms with E-state index < -0.39 is 0 Å². The summed E-state index contributed by atoms with van der Waals surface area (Å²) in [5.41, 5.74) is 1.70. The van der Waals surface area contributed by atoms with Crippen LogP contribution in [0.1, 0.15) is 29.3 Å². The molecular weight excluding hydrogens is 335 g/mol. The number of benzene rings is 1. The van der Waals surface area contributed by atoms with Crippen LogP contribution in [0, 0.1) is 5.82 Å². The van der Waals surface area contributed by atoms with Crippen molar-refractivity contribution in [1.82, 2.24) is 29.5 Å². The standard InChI is InChI=1S/C18H15FN6O/c1-12(17-23-22-16-4-2-3-9-24(16)17)21-18(26)15-10-20-11-25(15)14-7-5-13(19)6-8-14/h2-12H,1H3,(H,21,26). The second-order valence-corrected chi connectivity index (χ2v) is 5.81. The van der Waals surface area contributed by atoms with Gasteiger partial charge in [0.1, 0.15) is 11.5 Å². The van der Waals surface area contributed by atoms with Crippen LogP contribution in [0.5, 0.6) is 0 Å². The molecule has 26 heavy (non-hydrogen) atoms. The third kappa shape index (κ3) is 2.81. The second-order valence-electron chi connectivity index (χ2n) is 5.81. The summed E-state index contributed by atoms with van der Waals surface area (Å²) >= 11 is 0. The molecule has 3 heterocycles. The quantitative estimate of drug-likeness (QED) is 0.614. The van der Waals surface area contributed by atoms with E-state index in [1.807, 2.05) is 35.7 Å². The van der Waals surface area contributed by atoms with Crippen molar-refractivity contribution in [1.29, 1.82) is 0 Å². The topological polar surface area (TPSA) is 77.1 Å². The number of carbonyl (C=O) groups is 1. The molecule has 4 rings (SSSR count). The third-order valence-corrected chi connectivity index (χ3v) is 4.05. The highest BCUT2D eigenvalue weighted by Crippen LogP contribution is 2.15. The molecule has 0 spiro atoms. The zero-order chi connectivity index (χ0) is 18.1. The average molecular weight is 350 g/mol. The number of fused-ring (bicyclic) bond motifs is 1. The van der Waals surface area contributed by atoms with Gasteiger partial charge in [0.15, 0.2) is 11.5 Å².